The number of ketones is 1. The van der Waals surface area contributed by atoms with Crippen LogP contribution in [-0.2, 0) is 27.4 Å². The van der Waals surface area contributed by atoms with Crippen molar-refractivity contribution in [3.8, 4) is 0 Å². The number of ether oxygens (including phenoxy) is 1. The van der Waals surface area contributed by atoms with Crippen molar-refractivity contribution >= 4 is 28.8 Å². The van der Waals surface area contributed by atoms with E-state index in [9.17, 15) is 19.2 Å². The first-order valence-electron chi connectivity index (χ1n) is 9.04. The van der Waals surface area contributed by atoms with Crippen molar-refractivity contribution in [1.82, 2.24) is 9.88 Å². The van der Waals surface area contributed by atoms with Crippen LogP contribution in [0.15, 0.2) is 57.7 Å². The van der Waals surface area contributed by atoms with Crippen molar-refractivity contribution in [2.45, 2.75) is 26.4 Å². The molecular formula is C21H20N2O6. The summed E-state index contributed by atoms with van der Waals surface area (Å²) in [6.45, 7) is 1.52. The molecule has 0 aliphatic carbocycles. The summed E-state index contributed by atoms with van der Waals surface area (Å²) in [6, 6.07) is 13.6. The molecule has 29 heavy (non-hydrogen) atoms. The maximum atomic E-state index is 12.2. The normalized spacial score (nSPS) is 10.7. The van der Waals surface area contributed by atoms with Crippen LogP contribution in [0.4, 0.5) is 0 Å². The molecule has 0 saturated heterocycles. The van der Waals surface area contributed by atoms with Crippen LogP contribution in [0.3, 0.4) is 0 Å². The zero-order chi connectivity index (χ0) is 20.8. The van der Waals surface area contributed by atoms with Gasteiger partial charge in [-0.2, -0.15) is 0 Å². The van der Waals surface area contributed by atoms with Crippen molar-refractivity contribution in [3.63, 3.8) is 0 Å². The van der Waals surface area contributed by atoms with Gasteiger partial charge in [0.05, 0.1) is 11.9 Å². The standard InChI is InChI=1S/C21H20N2O6/c1-14(24)22-12-15-6-8-16(9-7-15)18(25)13-28-20(26)10-11-23-17-4-2-3-5-19(17)29-21(23)27/h2-9H,10-13H2,1H3,(H,22,24). The molecule has 0 aliphatic rings. The summed E-state index contributed by atoms with van der Waals surface area (Å²) in [5.74, 6) is -1.61. The first kappa shape index (κ1) is 20.1. The van der Waals surface area contributed by atoms with Crippen LogP contribution in [0.25, 0.3) is 11.1 Å². The minimum atomic E-state index is -0.585. The van der Waals surface area contributed by atoms with Gasteiger partial charge in [-0.3, -0.25) is 19.0 Å². The van der Waals surface area contributed by atoms with E-state index in [4.69, 9.17) is 9.15 Å². The first-order chi connectivity index (χ1) is 13.9. The average Bonchev–Trinajstić information content (AvgIpc) is 3.04. The number of nitrogens with zero attached hydrogens (tertiary/aromatic N) is 1. The zero-order valence-corrected chi connectivity index (χ0v) is 15.8. The van der Waals surface area contributed by atoms with E-state index >= 15 is 0 Å². The third-order valence-electron chi connectivity index (χ3n) is 4.29. The maximum Gasteiger partial charge on any atom is 0.419 e. The zero-order valence-electron chi connectivity index (χ0n) is 15.8. The van der Waals surface area contributed by atoms with Gasteiger partial charge in [0.25, 0.3) is 0 Å². The third kappa shape index (κ3) is 5.19. The number of amides is 1. The van der Waals surface area contributed by atoms with Crippen LogP contribution in [0, 0.1) is 0 Å². The van der Waals surface area contributed by atoms with Crippen LogP contribution in [0.5, 0.6) is 0 Å². The highest BCUT2D eigenvalue weighted by Crippen LogP contribution is 2.12. The number of rotatable bonds is 8. The Bertz CT molecular complexity index is 1090. The number of hydrogen-bond donors (Lipinski definition) is 1. The summed E-state index contributed by atoms with van der Waals surface area (Å²) in [5, 5.41) is 2.67. The Hall–Kier alpha value is -3.68. The largest absolute Gasteiger partial charge is 0.457 e. The Morgan fingerprint density at radius 2 is 1.79 bits per heavy atom. The predicted octanol–water partition coefficient (Wildman–Crippen LogP) is 2.05. The molecule has 1 heterocycles. The highest BCUT2D eigenvalue weighted by atomic mass is 16.5. The molecule has 150 valence electrons. The van der Waals surface area contributed by atoms with E-state index in [-0.39, 0.29) is 31.3 Å². The molecule has 2 aromatic carbocycles. The minimum Gasteiger partial charge on any atom is -0.457 e. The van der Waals surface area contributed by atoms with Gasteiger partial charge in [-0.25, -0.2) is 4.79 Å². The van der Waals surface area contributed by atoms with Crippen LogP contribution in [-0.4, -0.2) is 28.8 Å². The highest BCUT2D eigenvalue weighted by Gasteiger charge is 2.13. The minimum absolute atomic E-state index is 0.0631. The molecule has 0 fully saturated rings. The lowest BCUT2D eigenvalue weighted by molar-refractivity contribution is -0.142. The van der Waals surface area contributed by atoms with E-state index in [1.807, 2.05) is 0 Å². The van der Waals surface area contributed by atoms with Crippen molar-refractivity contribution in [1.29, 1.82) is 0 Å². The molecule has 3 rings (SSSR count). The van der Waals surface area contributed by atoms with Crippen LogP contribution < -0.4 is 11.1 Å². The number of aryl methyl sites for hydroxylation is 1. The van der Waals surface area contributed by atoms with Crippen LogP contribution in [0.1, 0.15) is 29.3 Å². The fraction of sp³-hybridized carbons (Fsp3) is 0.238. The molecule has 3 aromatic rings. The van der Waals surface area contributed by atoms with Crippen molar-refractivity contribution in [2.24, 2.45) is 0 Å². The summed E-state index contributed by atoms with van der Waals surface area (Å²) in [5.41, 5.74) is 2.30. The van der Waals surface area contributed by atoms with E-state index in [0.717, 1.165) is 5.56 Å². The molecule has 0 spiro atoms. The monoisotopic (exact) mass is 396 g/mol. The van der Waals surface area contributed by atoms with Crippen LogP contribution in [0.2, 0.25) is 0 Å². The summed E-state index contributed by atoms with van der Waals surface area (Å²) >= 11 is 0. The molecule has 0 bridgehead atoms. The number of aromatic nitrogens is 1. The van der Waals surface area contributed by atoms with Gasteiger partial charge in [-0.15, -0.1) is 0 Å². The lowest BCUT2D eigenvalue weighted by Gasteiger charge is -2.06. The van der Waals surface area contributed by atoms with Gasteiger partial charge in [0, 0.05) is 25.6 Å². The number of Topliss-reactive ketones (excluding diaryl/α,β-unsaturated/α-hetero) is 1. The van der Waals surface area contributed by atoms with Gasteiger partial charge in [-0.05, 0) is 17.7 Å². The van der Waals surface area contributed by atoms with E-state index in [2.05, 4.69) is 5.32 Å². The topological polar surface area (TPSA) is 108 Å². The second-order valence-corrected chi connectivity index (χ2v) is 6.43. The van der Waals surface area contributed by atoms with Gasteiger partial charge in [0.15, 0.2) is 18.0 Å². The number of carbonyl (C=O) groups excluding carboxylic acids is 3. The fourth-order valence-corrected chi connectivity index (χ4v) is 2.77. The second-order valence-electron chi connectivity index (χ2n) is 6.43. The molecule has 0 radical (unpaired) electrons. The maximum absolute atomic E-state index is 12.2. The molecule has 8 heteroatoms. The van der Waals surface area contributed by atoms with Gasteiger partial charge < -0.3 is 14.5 Å². The van der Waals surface area contributed by atoms with E-state index in [0.29, 0.717) is 23.2 Å². The van der Waals surface area contributed by atoms with Crippen molar-refractivity contribution in [3.05, 3.63) is 70.2 Å². The Morgan fingerprint density at radius 1 is 1.07 bits per heavy atom. The van der Waals surface area contributed by atoms with Gasteiger partial charge in [-0.1, -0.05) is 36.4 Å². The quantitative estimate of drug-likeness (QED) is 0.461. The number of fused-ring (bicyclic) bond motifs is 1. The number of nitrogens with one attached hydrogen (secondary N) is 1. The molecule has 0 unspecified atom stereocenters. The lowest BCUT2D eigenvalue weighted by Crippen LogP contribution is -2.20. The number of para-hydroxylation sites is 2. The van der Waals surface area contributed by atoms with Gasteiger partial charge in [0.2, 0.25) is 5.91 Å². The van der Waals surface area contributed by atoms with E-state index < -0.39 is 11.7 Å². The lowest BCUT2D eigenvalue weighted by atomic mass is 10.1. The molecule has 0 saturated carbocycles. The fourth-order valence-electron chi connectivity index (χ4n) is 2.77. The Labute approximate surface area is 166 Å². The number of carbonyl (C=O) groups is 3. The SMILES string of the molecule is CC(=O)NCc1ccc(C(=O)COC(=O)CCn2c(=O)oc3ccccc32)cc1. The average molecular weight is 396 g/mol. The second kappa shape index (κ2) is 9.01. The summed E-state index contributed by atoms with van der Waals surface area (Å²) in [7, 11) is 0. The van der Waals surface area contributed by atoms with Crippen molar-refractivity contribution < 1.29 is 23.5 Å². The number of benzene rings is 2. The third-order valence-corrected chi connectivity index (χ3v) is 4.29. The molecule has 0 atom stereocenters. The summed E-state index contributed by atoms with van der Waals surface area (Å²) < 4.78 is 11.5. The summed E-state index contributed by atoms with van der Waals surface area (Å²) in [4.78, 5) is 46.9. The predicted molar refractivity (Wildman–Crippen MR) is 104 cm³/mol. The highest BCUT2D eigenvalue weighted by molar-refractivity contribution is 5.98. The van der Waals surface area contributed by atoms with Gasteiger partial charge in [0.1, 0.15) is 0 Å². The number of oxazole rings is 1. The summed E-state index contributed by atoms with van der Waals surface area (Å²) in [6.07, 6.45) is -0.0631. The molecular weight excluding hydrogens is 376 g/mol. The van der Waals surface area contributed by atoms with Crippen molar-refractivity contribution in [2.75, 3.05) is 6.61 Å². The molecule has 1 N–H and O–H groups in total. The molecule has 8 nitrogen and oxygen atoms in total. The molecule has 1 amide bonds. The number of esters is 1. The Balaban J connectivity index is 1.50. The first-order valence-corrected chi connectivity index (χ1v) is 9.04. The Morgan fingerprint density at radius 3 is 2.52 bits per heavy atom. The van der Waals surface area contributed by atoms with Gasteiger partial charge >= 0.3 is 11.7 Å². The van der Waals surface area contributed by atoms with Crippen LogP contribution >= 0.6 is 0 Å². The number of hydrogen-bond acceptors (Lipinski definition) is 6. The van der Waals surface area contributed by atoms with E-state index in [1.54, 1.807) is 48.5 Å². The smallest absolute Gasteiger partial charge is 0.419 e. The Kier molecular flexibility index (Phi) is 6.23. The molecule has 1 aromatic heterocycles. The molecule has 0 aliphatic heterocycles. The van der Waals surface area contributed by atoms with E-state index in [1.165, 1.54) is 11.5 Å².